The fraction of sp³-hybridized carbons (Fsp3) is 0.217. The fourth-order valence-corrected chi connectivity index (χ4v) is 3.82. The molecule has 0 unspecified atom stereocenters. The molecule has 3 heterocycles. The van der Waals surface area contributed by atoms with Crippen LogP contribution in [0.5, 0.6) is 0 Å². The first kappa shape index (κ1) is 20.7. The van der Waals surface area contributed by atoms with E-state index in [9.17, 15) is 9.59 Å². The molecular weight excluding hydrogens is 410 g/mol. The van der Waals surface area contributed by atoms with Crippen LogP contribution in [-0.2, 0) is 11.2 Å². The Hall–Kier alpha value is -3.52. The number of H-pyrrole nitrogens is 1. The van der Waals surface area contributed by atoms with Crippen molar-refractivity contribution < 1.29 is 4.79 Å². The van der Waals surface area contributed by atoms with Crippen molar-refractivity contribution in [2.75, 3.05) is 5.32 Å². The molecule has 4 aromatic rings. The normalized spacial score (nSPS) is 11.1. The van der Waals surface area contributed by atoms with Gasteiger partial charge < -0.3 is 5.32 Å². The number of rotatable bonds is 7. The number of aromatic amines is 1. The summed E-state index contributed by atoms with van der Waals surface area (Å²) in [4.78, 5) is 33.1. The van der Waals surface area contributed by atoms with E-state index in [2.05, 4.69) is 20.4 Å². The van der Waals surface area contributed by atoms with Gasteiger partial charge in [-0.05, 0) is 29.3 Å². The molecule has 7 nitrogen and oxygen atoms in total. The van der Waals surface area contributed by atoms with E-state index in [-0.39, 0.29) is 23.3 Å². The van der Waals surface area contributed by atoms with Crippen molar-refractivity contribution in [3.63, 3.8) is 0 Å². The van der Waals surface area contributed by atoms with E-state index in [1.54, 1.807) is 17.4 Å². The molecule has 0 radical (unpaired) electrons. The minimum atomic E-state index is -0.261. The molecule has 0 aliphatic heterocycles. The van der Waals surface area contributed by atoms with Crippen LogP contribution >= 0.6 is 11.3 Å². The molecule has 1 aromatic carbocycles. The van der Waals surface area contributed by atoms with Crippen LogP contribution in [0.25, 0.3) is 16.5 Å². The monoisotopic (exact) mass is 433 g/mol. The lowest BCUT2D eigenvalue weighted by molar-refractivity contribution is -0.116. The van der Waals surface area contributed by atoms with Crippen LogP contribution in [-0.4, -0.2) is 25.7 Å². The second-order valence-corrected chi connectivity index (χ2v) is 8.43. The number of thiophene rings is 1. The number of nitrogens with one attached hydrogen (secondary N) is 2. The molecule has 0 atom stereocenters. The second-order valence-electron chi connectivity index (χ2n) is 7.49. The molecule has 0 aliphatic rings. The highest BCUT2D eigenvalue weighted by molar-refractivity contribution is 7.13. The molecule has 158 valence electrons. The van der Waals surface area contributed by atoms with Crippen LogP contribution in [0.1, 0.15) is 37.4 Å². The molecule has 0 spiro atoms. The zero-order valence-electron chi connectivity index (χ0n) is 17.3. The van der Waals surface area contributed by atoms with Crippen LogP contribution in [0.2, 0.25) is 0 Å². The number of hydrogen-bond acceptors (Lipinski definition) is 5. The zero-order valence-corrected chi connectivity index (χ0v) is 18.1. The number of anilines is 1. The smallest absolute Gasteiger partial charge is 0.252 e. The van der Waals surface area contributed by atoms with Gasteiger partial charge in [0.25, 0.3) is 5.56 Å². The van der Waals surface area contributed by atoms with Gasteiger partial charge in [0.2, 0.25) is 11.9 Å². The topological polar surface area (TPSA) is 92.7 Å². The summed E-state index contributed by atoms with van der Waals surface area (Å²) in [6.45, 7) is 3.94. The third-order valence-corrected chi connectivity index (χ3v) is 5.67. The Morgan fingerprint density at radius 2 is 1.97 bits per heavy atom. The third kappa shape index (κ3) is 4.97. The SMILES string of the molecule is CC(C)c1cc(=O)[nH]c(-n2nc(-c3cccs3)cc2NC(=O)CCc2ccccc2)n1. The van der Waals surface area contributed by atoms with Crippen LogP contribution in [0.4, 0.5) is 5.82 Å². The highest BCUT2D eigenvalue weighted by atomic mass is 32.1. The van der Waals surface area contributed by atoms with E-state index in [4.69, 9.17) is 0 Å². The lowest BCUT2D eigenvalue weighted by Crippen LogP contribution is -2.19. The van der Waals surface area contributed by atoms with Crippen LogP contribution in [0, 0.1) is 0 Å². The molecule has 3 aromatic heterocycles. The van der Waals surface area contributed by atoms with Gasteiger partial charge in [0, 0.05) is 18.6 Å². The number of amides is 1. The number of carbonyl (C=O) groups is 1. The van der Waals surface area contributed by atoms with Gasteiger partial charge >= 0.3 is 0 Å². The van der Waals surface area contributed by atoms with Gasteiger partial charge in [0.1, 0.15) is 11.5 Å². The first-order valence-corrected chi connectivity index (χ1v) is 11.0. The van der Waals surface area contributed by atoms with E-state index in [0.29, 0.717) is 30.0 Å². The number of aryl methyl sites for hydroxylation is 1. The van der Waals surface area contributed by atoms with Gasteiger partial charge in [0.05, 0.1) is 10.6 Å². The fourth-order valence-electron chi connectivity index (χ4n) is 3.14. The first-order valence-electron chi connectivity index (χ1n) is 10.1. The summed E-state index contributed by atoms with van der Waals surface area (Å²) in [5.74, 6) is 0.685. The predicted octanol–water partition coefficient (Wildman–Crippen LogP) is 4.38. The number of aromatic nitrogens is 4. The highest BCUT2D eigenvalue weighted by Crippen LogP contribution is 2.27. The molecular formula is C23H23N5O2S. The van der Waals surface area contributed by atoms with Crippen molar-refractivity contribution in [1.29, 1.82) is 0 Å². The molecule has 0 saturated carbocycles. The summed E-state index contributed by atoms with van der Waals surface area (Å²) >= 11 is 1.55. The van der Waals surface area contributed by atoms with Gasteiger partial charge in [-0.3, -0.25) is 14.6 Å². The molecule has 1 amide bonds. The van der Waals surface area contributed by atoms with Gasteiger partial charge in [-0.1, -0.05) is 50.2 Å². The molecule has 0 bridgehead atoms. The van der Waals surface area contributed by atoms with Gasteiger partial charge in [-0.25, -0.2) is 4.98 Å². The maximum atomic E-state index is 12.7. The maximum Gasteiger partial charge on any atom is 0.252 e. The van der Waals surface area contributed by atoms with E-state index in [1.165, 1.54) is 10.7 Å². The number of benzene rings is 1. The van der Waals surface area contributed by atoms with E-state index in [1.807, 2.05) is 61.7 Å². The Bertz CT molecular complexity index is 1230. The Balaban J connectivity index is 1.65. The molecule has 4 rings (SSSR count). The van der Waals surface area contributed by atoms with Crippen molar-refractivity contribution in [1.82, 2.24) is 19.7 Å². The minimum Gasteiger partial charge on any atom is -0.310 e. The minimum absolute atomic E-state index is 0.0808. The number of carbonyl (C=O) groups excluding carboxylic acids is 1. The van der Waals surface area contributed by atoms with Crippen LogP contribution in [0.15, 0.2) is 64.8 Å². The Morgan fingerprint density at radius 3 is 2.68 bits per heavy atom. The quantitative estimate of drug-likeness (QED) is 0.452. The van der Waals surface area contributed by atoms with Crippen LogP contribution in [0.3, 0.4) is 0 Å². The van der Waals surface area contributed by atoms with Crippen molar-refractivity contribution in [2.24, 2.45) is 0 Å². The van der Waals surface area contributed by atoms with Crippen LogP contribution < -0.4 is 10.9 Å². The number of nitrogens with zero attached hydrogens (tertiary/aromatic N) is 3. The summed E-state index contributed by atoms with van der Waals surface area (Å²) < 4.78 is 1.49. The third-order valence-electron chi connectivity index (χ3n) is 4.78. The van der Waals surface area contributed by atoms with Gasteiger partial charge in [0.15, 0.2) is 0 Å². The average Bonchev–Trinajstić information content (AvgIpc) is 3.42. The summed E-state index contributed by atoms with van der Waals surface area (Å²) in [5.41, 5.74) is 2.20. The second kappa shape index (κ2) is 9.09. The Labute approximate surface area is 183 Å². The summed E-state index contributed by atoms with van der Waals surface area (Å²) in [6.07, 6.45) is 0.968. The Morgan fingerprint density at radius 1 is 1.16 bits per heavy atom. The zero-order chi connectivity index (χ0) is 21.8. The molecule has 0 aliphatic carbocycles. The summed E-state index contributed by atoms with van der Waals surface area (Å²) in [7, 11) is 0. The van der Waals surface area contributed by atoms with Crippen molar-refractivity contribution >= 4 is 23.1 Å². The van der Waals surface area contributed by atoms with Crippen molar-refractivity contribution in [3.8, 4) is 16.5 Å². The summed E-state index contributed by atoms with van der Waals surface area (Å²) in [5, 5.41) is 9.51. The largest absolute Gasteiger partial charge is 0.310 e. The lowest BCUT2D eigenvalue weighted by atomic mass is 10.1. The lowest BCUT2D eigenvalue weighted by Gasteiger charge is -2.10. The average molecular weight is 434 g/mol. The molecule has 0 fully saturated rings. The van der Waals surface area contributed by atoms with E-state index < -0.39 is 0 Å². The summed E-state index contributed by atoms with van der Waals surface area (Å²) in [6, 6.07) is 17.0. The maximum absolute atomic E-state index is 12.7. The Kier molecular flexibility index (Phi) is 6.08. The first-order chi connectivity index (χ1) is 15.0. The van der Waals surface area contributed by atoms with Gasteiger partial charge in [-0.2, -0.15) is 9.78 Å². The molecule has 8 heteroatoms. The van der Waals surface area contributed by atoms with Crippen molar-refractivity contribution in [3.05, 3.63) is 81.6 Å². The number of hydrogen-bond donors (Lipinski definition) is 2. The predicted molar refractivity (Wildman–Crippen MR) is 123 cm³/mol. The standard InChI is InChI=1S/C23H23N5O2S/c1-15(2)17-14-22(30)26-23(24-17)28-20(13-18(27-28)19-9-6-12-31-19)25-21(29)11-10-16-7-4-3-5-8-16/h3-9,12-15H,10-11H2,1-2H3,(H,25,29)(H,24,26,30). The van der Waals surface area contributed by atoms with E-state index >= 15 is 0 Å². The van der Waals surface area contributed by atoms with E-state index in [0.717, 1.165) is 10.4 Å². The highest BCUT2D eigenvalue weighted by Gasteiger charge is 2.17. The molecule has 0 saturated heterocycles. The molecule has 31 heavy (non-hydrogen) atoms. The molecule has 2 N–H and O–H groups in total. The van der Waals surface area contributed by atoms with Crippen molar-refractivity contribution in [2.45, 2.75) is 32.6 Å². The van der Waals surface area contributed by atoms with Gasteiger partial charge in [-0.15, -0.1) is 11.3 Å².